The number of sulfonamides is 1. The van der Waals surface area contributed by atoms with E-state index in [-0.39, 0.29) is 26.1 Å². The number of amides is 1. The van der Waals surface area contributed by atoms with Crippen molar-refractivity contribution in [2.75, 3.05) is 19.6 Å². The van der Waals surface area contributed by atoms with Gasteiger partial charge in [-0.15, -0.1) is 0 Å². The van der Waals surface area contributed by atoms with Gasteiger partial charge in [0, 0.05) is 25.0 Å². The molecule has 1 heterocycles. The van der Waals surface area contributed by atoms with E-state index in [0.29, 0.717) is 0 Å². The molecule has 0 saturated carbocycles. The Morgan fingerprint density at radius 1 is 1.59 bits per heavy atom. The predicted octanol–water partition coefficient (Wildman–Crippen LogP) is 0.0376. The highest BCUT2D eigenvalue weighted by atomic mass is 32.2. The number of hydrogen-bond acceptors (Lipinski definition) is 4. The average Bonchev–Trinajstić information content (AvgIpc) is 2.29. The number of nitriles is 1. The van der Waals surface area contributed by atoms with Crippen LogP contribution in [0.2, 0.25) is 0 Å². The Morgan fingerprint density at radius 3 is 2.71 bits per heavy atom. The molecule has 1 atom stereocenters. The highest BCUT2D eigenvalue weighted by Crippen LogP contribution is 2.17. The van der Waals surface area contributed by atoms with Gasteiger partial charge in [0.1, 0.15) is 0 Å². The van der Waals surface area contributed by atoms with Crippen molar-refractivity contribution in [3.05, 3.63) is 12.0 Å². The van der Waals surface area contributed by atoms with Crippen LogP contribution in [0.3, 0.4) is 0 Å². The summed E-state index contributed by atoms with van der Waals surface area (Å²) >= 11 is 0. The molecular weight excluding hydrogens is 246 g/mol. The number of carbonyl (C=O) groups is 1. The first-order chi connectivity index (χ1) is 7.92. The molecule has 0 aliphatic carbocycles. The van der Waals surface area contributed by atoms with Crippen LogP contribution < -0.4 is 0 Å². The fourth-order valence-electron chi connectivity index (χ4n) is 1.71. The molecule has 0 aromatic carbocycles. The lowest BCUT2D eigenvalue weighted by Crippen LogP contribution is -2.55. The molecule has 1 unspecified atom stereocenters. The van der Waals surface area contributed by atoms with E-state index in [1.807, 2.05) is 6.07 Å². The summed E-state index contributed by atoms with van der Waals surface area (Å²) < 4.78 is 24.4. The monoisotopic (exact) mass is 259 g/mol. The SMILES string of the molecule is C=CS(=O)(=O)N1CCN(C(=O)O)CC1CC#N. The third kappa shape index (κ3) is 2.95. The van der Waals surface area contributed by atoms with E-state index in [1.165, 1.54) is 0 Å². The van der Waals surface area contributed by atoms with Gasteiger partial charge in [0.05, 0.1) is 18.5 Å². The minimum absolute atomic E-state index is 0.00988. The largest absolute Gasteiger partial charge is 0.465 e. The Bertz CT molecular complexity index is 453. The van der Waals surface area contributed by atoms with E-state index in [9.17, 15) is 13.2 Å². The summed E-state index contributed by atoms with van der Waals surface area (Å²) in [6.45, 7) is 3.37. The lowest BCUT2D eigenvalue weighted by atomic mass is 10.1. The van der Waals surface area contributed by atoms with Crippen molar-refractivity contribution in [1.29, 1.82) is 5.26 Å². The van der Waals surface area contributed by atoms with Gasteiger partial charge in [0.2, 0.25) is 10.0 Å². The zero-order chi connectivity index (χ0) is 13.1. The number of piperazine rings is 1. The lowest BCUT2D eigenvalue weighted by molar-refractivity contribution is 0.106. The van der Waals surface area contributed by atoms with Gasteiger partial charge in [0.15, 0.2) is 0 Å². The minimum Gasteiger partial charge on any atom is -0.465 e. The van der Waals surface area contributed by atoms with Gasteiger partial charge >= 0.3 is 6.09 Å². The first-order valence-electron chi connectivity index (χ1n) is 4.91. The van der Waals surface area contributed by atoms with E-state index in [1.54, 1.807) is 0 Å². The van der Waals surface area contributed by atoms with Gasteiger partial charge in [0.25, 0.3) is 0 Å². The van der Waals surface area contributed by atoms with Gasteiger partial charge in [-0.25, -0.2) is 13.2 Å². The molecule has 1 N–H and O–H groups in total. The second-order valence-corrected chi connectivity index (χ2v) is 5.40. The van der Waals surface area contributed by atoms with E-state index in [0.717, 1.165) is 14.6 Å². The molecule has 0 radical (unpaired) electrons. The molecule has 0 aromatic rings. The molecule has 17 heavy (non-hydrogen) atoms. The molecule has 1 amide bonds. The van der Waals surface area contributed by atoms with Gasteiger partial charge in [-0.3, -0.25) is 0 Å². The van der Waals surface area contributed by atoms with Crippen LogP contribution >= 0.6 is 0 Å². The van der Waals surface area contributed by atoms with Gasteiger partial charge < -0.3 is 10.0 Å². The molecule has 7 nitrogen and oxygen atoms in total. The minimum atomic E-state index is -3.62. The Kier molecular flexibility index (Phi) is 4.09. The van der Waals surface area contributed by atoms with Gasteiger partial charge in [-0.2, -0.15) is 9.57 Å². The van der Waals surface area contributed by atoms with Crippen LogP contribution in [0.25, 0.3) is 0 Å². The molecule has 1 rings (SSSR count). The summed E-state index contributed by atoms with van der Waals surface area (Å²) in [5.74, 6) is 0. The zero-order valence-corrected chi connectivity index (χ0v) is 9.93. The highest BCUT2D eigenvalue weighted by Gasteiger charge is 2.35. The van der Waals surface area contributed by atoms with Crippen LogP contribution in [0.4, 0.5) is 4.79 Å². The molecule has 1 fully saturated rings. The first-order valence-corrected chi connectivity index (χ1v) is 6.41. The first kappa shape index (κ1) is 13.5. The Morgan fingerprint density at radius 2 is 2.24 bits per heavy atom. The third-order valence-electron chi connectivity index (χ3n) is 2.56. The molecule has 94 valence electrons. The standard InChI is InChI=1S/C9H13N3O4S/c1-2-17(15,16)12-6-5-11(9(13)14)7-8(12)3-4-10/h2,8H,1,3,5-7H2,(H,13,14). The molecule has 0 aromatic heterocycles. The quantitative estimate of drug-likeness (QED) is 0.770. The fourth-order valence-corrected chi connectivity index (χ4v) is 2.80. The van der Waals surface area contributed by atoms with Crippen molar-refractivity contribution in [2.24, 2.45) is 0 Å². The maximum Gasteiger partial charge on any atom is 0.407 e. The van der Waals surface area contributed by atoms with Crippen molar-refractivity contribution in [1.82, 2.24) is 9.21 Å². The summed E-state index contributed by atoms with van der Waals surface area (Å²) in [4.78, 5) is 11.9. The Labute approximate surface area is 99.6 Å². The van der Waals surface area contributed by atoms with Crippen LogP contribution in [0.5, 0.6) is 0 Å². The zero-order valence-electron chi connectivity index (χ0n) is 9.11. The number of nitrogens with zero attached hydrogens (tertiary/aromatic N) is 3. The van der Waals surface area contributed by atoms with Crippen molar-refractivity contribution in [3.63, 3.8) is 0 Å². The van der Waals surface area contributed by atoms with Gasteiger partial charge in [-0.05, 0) is 0 Å². The van der Waals surface area contributed by atoms with E-state index in [4.69, 9.17) is 10.4 Å². The summed E-state index contributed by atoms with van der Waals surface area (Å²) in [6, 6.07) is 1.22. The maximum absolute atomic E-state index is 11.6. The summed E-state index contributed by atoms with van der Waals surface area (Å²) in [6.07, 6.45) is -1.15. The topological polar surface area (TPSA) is 102 Å². The van der Waals surface area contributed by atoms with Crippen molar-refractivity contribution in [2.45, 2.75) is 12.5 Å². The number of carboxylic acid groups (broad SMARTS) is 1. The molecule has 1 aliphatic rings. The lowest BCUT2D eigenvalue weighted by Gasteiger charge is -2.37. The van der Waals surface area contributed by atoms with Crippen molar-refractivity contribution >= 4 is 16.1 Å². The van der Waals surface area contributed by atoms with Crippen LogP contribution in [0.15, 0.2) is 12.0 Å². The number of hydrogen-bond donors (Lipinski definition) is 1. The second kappa shape index (κ2) is 5.16. The molecule has 8 heteroatoms. The normalized spacial score (nSPS) is 21.8. The highest BCUT2D eigenvalue weighted by molar-refractivity contribution is 7.92. The molecule has 1 aliphatic heterocycles. The molecule has 0 spiro atoms. The van der Waals surface area contributed by atoms with Gasteiger partial charge in [-0.1, -0.05) is 6.58 Å². The van der Waals surface area contributed by atoms with E-state index in [2.05, 4.69) is 6.58 Å². The average molecular weight is 259 g/mol. The predicted molar refractivity (Wildman–Crippen MR) is 59.4 cm³/mol. The second-order valence-electron chi connectivity index (χ2n) is 3.57. The van der Waals surface area contributed by atoms with E-state index < -0.39 is 22.2 Å². The smallest absolute Gasteiger partial charge is 0.407 e. The summed E-state index contributed by atoms with van der Waals surface area (Å²) in [5.41, 5.74) is 0. The molecule has 1 saturated heterocycles. The van der Waals surface area contributed by atoms with Crippen LogP contribution in [0.1, 0.15) is 6.42 Å². The third-order valence-corrected chi connectivity index (χ3v) is 4.12. The summed E-state index contributed by atoms with van der Waals surface area (Å²) in [5, 5.41) is 18.3. The van der Waals surface area contributed by atoms with Crippen LogP contribution in [0, 0.1) is 11.3 Å². The Balaban J connectivity index is 2.91. The summed E-state index contributed by atoms with van der Waals surface area (Å²) in [7, 11) is -3.62. The Hall–Kier alpha value is -1.59. The molecule has 0 bridgehead atoms. The molecular formula is C9H13N3O4S. The van der Waals surface area contributed by atoms with Crippen molar-refractivity contribution < 1.29 is 18.3 Å². The van der Waals surface area contributed by atoms with Crippen LogP contribution in [-0.4, -0.2) is 54.5 Å². The number of rotatable bonds is 3. The van der Waals surface area contributed by atoms with Crippen LogP contribution in [-0.2, 0) is 10.0 Å². The maximum atomic E-state index is 11.6. The van der Waals surface area contributed by atoms with Crippen molar-refractivity contribution in [3.8, 4) is 6.07 Å². The fraction of sp³-hybridized carbons (Fsp3) is 0.556. The van der Waals surface area contributed by atoms with E-state index >= 15 is 0 Å².